The molecule has 0 aliphatic heterocycles. The smallest absolute Gasteiger partial charge is 0.119 e. The topological polar surface area (TPSA) is 30.5 Å². The fourth-order valence-electron chi connectivity index (χ4n) is 2.03. The number of hydrogen-bond donors (Lipinski definition) is 1. The zero-order valence-electron chi connectivity index (χ0n) is 12.1. The van der Waals surface area contributed by atoms with Crippen LogP contribution in [-0.4, -0.2) is 32.9 Å². The minimum Gasteiger partial charge on any atom is -0.493 e. The van der Waals surface area contributed by atoms with Crippen LogP contribution in [0.3, 0.4) is 0 Å². The lowest BCUT2D eigenvalue weighted by Crippen LogP contribution is -2.19. The van der Waals surface area contributed by atoms with Crippen LogP contribution >= 0.6 is 0 Å². The summed E-state index contributed by atoms with van der Waals surface area (Å²) in [5.41, 5.74) is 0. The van der Waals surface area contributed by atoms with E-state index in [4.69, 9.17) is 9.47 Å². The fraction of sp³-hybridized carbons (Fsp3) is 0.412. The van der Waals surface area contributed by atoms with E-state index in [9.17, 15) is 0 Å². The molecule has 3 heteroatoms. The van der Waals surface area contributed by atoms with Gasteiger partial charge in [-0.15, -0.1) is 0 Å². The Kier molecular flexibility index (Phi) is 6.35. The molecule has 0 aromatic heterocycles. The molecule has 2 aromatic carbocycles. The Balaban J connectivity index is 1.65. The number of fused-ring (bicyclic) bond motifs is 1. The van der Waals surface area contributed by atoms with Crippen molar-refractivity contribution in [2.24, 2.45) is 0 Å². The van der Waals surface area contributed by atoms with E-state index in [0.717, 1.165) is 38.5 Å². The van der Waals surface area contributed by atoms with Crippen molar-refractivity contribution in [2.75, 3.05) is 32.9 Å². The summed E-state index contributed by atoms with van der Waals surface area (Å²) in [5.74, 6) is 0.927. The van der Waals surface area contributed by atoms with Gasteiger partial charge in [0.05, 0.1) is 13.2 Å². The second-order valence-electron chi connectivity index (χ2n) is 4.68. The molecule has 0 saturated carbocycles. The predicted molar refractivity (Wildman–Crippen MR) is 83.4 cm³/mol. The summed E-state index contributed by atoms with van der Waals surface area (Å²) in [6.07, 6.45) is 0.916. The number of likely N-dealkylation sites (N-methyl/N-ethyl adjacent to an activating group) is 1. The maximum absolute atomic E-state index is 5.75. The minimum absolute atomic E-state index is 0.694. The van der Waals surface area contributed by atoms with E-state index in [2.05, 4.69) is 36.5 Å². The van der Waals surface area contributed by atoms with E-state index < -0.39 is 0 Å². The lowest BCUT2D eigenvalue weighted by molar-refractivity contribution is 0.121. The average molecular weight is 273 g/mol. The van der Waals surface area contributed by atoms with Gasteiger partial charge in [-0.05, 0) is 29.4 Å². The van der Waals surface area contributed by atoms with Crippen molar-refractivity contribution in [1.29, 1.82) is 0 Å². The van der Waals surface area contributed by atoms with Crippen molar-refractivity contribution in [2.45, 2.75) is 13.3 Å². The van der Waals surface area contributed by atoms with E-state index in [0.29, 0.717) is 6.61 Å². The molecule has 0 aliphatic rings. The molecule has 0 aliphatic carbocycles. The van der Waals surface area contributed by atoms with Gasteiger partial charge in [-0.25, -0.2) is 0 Å². The summed E-state index contributed by atoms with van der Waals surface area (Å²) in [6, 6.07) is 14.5. The lowest BCUT2D eigenvalue weighted by atomic mass is 10.1. The molecular weight excluding hydrogens is 250 g/mol. The van der Waals surface area contributed by atoms with Crippen LogP contribution in [0.4, 0.5) is 0 Å². The highest BCUT2D eigenvalue weighted by Gasteiger charge is 1.97. The summed E-state index contributed by atoms with van der Waals surface area (Å²) >= 11 is 0. The first-order valence-electron chi connectivity index (χ1n) is 7.30. The molecule has 0 saturated heterocycles. The van der Waals surface area contributed by atoms with Crippen molar-refractivity contribution in [3.63, 3.8) is 0 Å². The summed E-state index contributed by atoms with van der Waals surface area (Å²) in [6.45, 7) is 6.22. The van der Waals surface area contributed by atoms with Gasteiger partial charge in [0.25, 0.3) is 0 Å². The molecule has 3 nitrogen and oxygen atoms in total. The van der Waals surface area contributed by atoms with Crippen molar-refractivity contribution in [1.82, 2.24) is 5.32 Å². The van der Waals surface area contributed by atoms with Crippen LogP contribution in [0.2, 0.25) is 0 Å². The number of hydrogen-bond acceptors (Lipinski definition) is 3. The van der Waals surface area contributed by atoms with Gasteiger partial charge in [-0.1, -0.05) is 37.3 Å². The monoisotopic (exact) mass is 273 g/mol. The molecule has 108 valence electrons. The molecule has 0 unspecified atom stereocenters. The Morgan fingerprint density at radius 2 is 1.80 bits per heavy atom. The second kappa shape index (κ2) is 8.56. The Morgan fingerprint density at radius 3 is 2.65 bits per heavy atom. The maximum atomic E-state index is 5.75. The third kappa shape index (κ3) is 4.83. The minimum atomic E-state index is 0.694. The molecule has 0 bridgehead atoms. The van der Waals surface area contributed by atoms with Gasteiger partial charge in [0.2, 0.25) is 0 Å². The molecule has 0 radical (unpaired) electrons. The summed E-state index contributed by atoms with van der Waals surface area (Å²) in [7, 11) is 0. The summed E-state index contributed by atoms with van der Waals surface area (Å²) in [4.78, 5) is 0. The van der Waals surface area contributed by atoms with E-state index >= 15 is 0 Å². The Hall–Kier alpha value is -1.58. The van der Waals surface area contributed by atoms with Crippen molar-refractivity contribution < 1.29 is 9.47 Å². The molecule has 1 N–H and O–H groups in total. The fourth-order valence-corrected chi connectivity index (χ4v) is 2.03. The largest absolute Gasteiger partial charge is 0.493 e. The third-order valence-corrected chi connectivity index (χ3v) is 3.10. The highest BCUT2D eigenvalue weighted by molar-refractivity contribution is 5.83. The third-order valence-electron chi connectivity index (χ3n) is 3.10. The van der Waals surface area contributed by atoms with Crippen LogP contribution in [0.15, 0.2) is 42.5 Å². The Labute approximate surface area is 120 Å². The van der Waals surface area contributed by atoms with Crippen molar-refractivity contribution in [3.05, 3.63) is 42.5 Å². The van der Waals surface area contributed by atoms with E-state index in [1.54, 1.807) is 0 Å². The van der Waals surface area contributed by atoms with E-state index in [-0.39, 0.29) is 0 Å². The van der Waals surface area contributed by atoms with Gasteiger partial charge >= 0.3 is 0 Å². The first kappa shape index (κ1) is 14.8. The Bertz CT molecular complexity index is 513. The van der Waals surface area contributed by atoms with Crippen LogP contribution in [0.1, 0.15) is 13.3 Å². The predicted octanol–water partition coefficient (Wildman–Crippen LogP) is 3.23. The van der Waals surface area contributed by atoms with Gasteiger partial charge in [-0.2, -0.15) is 0 Å². The van der Waals surface area contributed by atoms with Gasteiger partial charge < -0.3 is 14.8 Å². The van der Waals surface area contributed by atoms with Crippen LogP contribution < -0.4 is 10.1 Å². The molecule has 2 aromatic rings. The van der Waals surface area contributed by atoms with Gasteiger partial charge in [0, 0.05) is 19.6 Å². The summed E-state index contributed by atoms with van der Waals surface area (Å²) in [5, 5.41) is 5.68. The standard InChI is InChI=1S/C17H23NO2/c1-2-18-10-13-19-11-5-12-20-17-9-8-15-6-3-4-7-16(15)14-17/h3-4,6-9,14,18H,2,5,10-13H2,1H3. The number of ether oxygens (including phenoxy) is 2. The highest BCUT2D eigenvalue weighted by atomic mass is 16.5. The first-order valence-corrected chi connectivity index (χ1v) is 7.30. The molecule has 2 rings (SSSR count). The number of rotatable bonds is 9. The van der Waals surface area contributed by atoms with Crippen molar-refractivity contribution in [3.8, 4) is 5.75 Å². The Morgan fingerprint density at radius 1 is 0.950 bits per heavy atom. The normalized spacial score (nSPS) is 10.8. The average Bonchev–Trinajstić information content (AvgIpc) is 2.50. The maximum Gasteiger partial charge on any atom is 0.119 e. The molecule has 0 heterocycles. The zero-order valence-corrected chi connectivity index (χ0v) is 12.1. The molecular formula is C17H23NO2. The van der Waals surface area contributed by atoms with Crippen LogP contribution in [0.25, 0.3) is 10.8 Å². The van der Waals surface area contributed by atoms with Crippen LogP contribution in [0.5, 0.6) is 5.75 Å². The molecule has 20 heavy (non-hydrogen) atoms. The quantitative estimate of drug-likeness (QED) is 0.712. The summed E-state index contributed by atoms with van der Waals surface area (Å²) < 4.78 is 11.2. The highest BCUT2D eigenvalue weighted by Crippen LogP contribution is 2.20. The first-order chi connectivity index (χ1) is 9.90. The van der Waals surface area contributed by atoms with E-state index in [1.807, 2.05) is 18.2 Å². The lowest BCUT2D eigenvalue weighted by Gasteiger charge is -2.08. The van der Waals surface area contributed by atoms with Crippen LogP contribution in [0, 0.1) is 0 Å². The second-order valence-corrected chi connectivity index (χ2v) is 4.68. The van der Waals surface area contributed by atoms with E-state index in [1.165, 1.54) is 10.8 Å². The number of nitrogens with one attached hydrogen (secondary N) is 1. The molecule has 0 fully saturated rings. The zero-order chi connectivity index (χ0) is 14.0. The van der Waals surface area contributed by atoms with Crippen LogP contribution in [-0.2, 0) is 4.74 Å². The SMILES string of the molecule is CCNCCOCCCOc1ccc2ccccc2c1. The van der Waals surface area contributed by atoms with Gasteiger partial charge in [0.15, 0.2) is 0 Å². The number of benzene rings is 2. The van der Waals surface area contributed by atoms with Crippen molar-refractivity contribution >= 4 is 10.8 Å². The van der Waals surface area contributed by atoms with Gasteiger partial charge in [-0.3, -0.25) is 0 Å². The van der Waals surface area contributed by atoms with Gasteiger partial charge in [0.1, 0.15) is 5.75 Å². The molecule has 0 atom stereocenters. The molecule has 0 spiro atoms. The molecule has 0 amide bonds.